The molecular weight excluding hydrogens is 858 g/mol. The number of benzene rings is 4. The monoisotopic (exact) mass is 897 g/mol. The van der Waals surface area contributed by atoms with E-state index in [0.717, 1.165) is 27.8 Å². The van der Waals surface area contributed by atoms with Crippen LogP contribution in [0.2, 0.25) is 5.28 Å². The number of methoxy groups -OCH3 is 6. The second-order valence-corrected chi connectivity index (χ2v) is 13.7. The molecule has 5 aromatic heterocycles. The van der Waals surface area contributed by atoms with Crippen LogP contribution in [0.1, 0.15) is 5.69 Å². The minimum absolute atomic E-state index is 0.242. The van der Waals surface area contributed by atoms with Gasteiger partial charge in [0.15, 0.2) is 23.0 Å². The van der Waals surface area contributed by atoms with E-state index in [1.54, 1.807) is 82.3 Å². The molecule has 0 saturated carbocycles. The van der Waals surface area contributed by atoms with E-state index in [9.17, 15) is 0 Å². The van der Waals surface area contributed by atoms with Crippen molar-refractivity contribution < 1.29 is 33.2 Å². The molecule has 20 nitrogen and oxygen atoms in total. The fourth-order valence-corrected chi connectivity index (χ4v) is 6.84. The average Bonchev–Trinajstić information content (AvgIpc) is 3.90. The molecule has 9 rings (SSSR count). The molecule has 330 valence electrons. The highest BCUT2D eigenvalue weighted by molar-refractivity contribution is 6.29. The Morgan fingerprint density at radius 1 is 0.508 bits per heavy atom. The van der Waals surface area contributed by atoms with Crippen molar-refractivity contribution in [2.45, 2.75) is 6.61 Å². The fraction of sp³-hybridized carbons (Fsp3) is 0.159. The van der Waals surface area contributed by atoms with E-state index in [0.29, 0.717) is 75.7 Å². The van der Waals surface area contributed by atoms with E-state index < -0.39 is 0 Å². The van der Waals surface area contributed by atoms with Crippen LogP contribution in [0.25, 0.3) is 34.0 Å². The first kappa shape index (κ1) is 43.1. The number of hydrogen-bond acceptors (Lipinski definition) is 18. The van der Waals surface area contributed by atoms with E-state index >= 15 is 0 Å². The van der Waals surface area contributed by atoms with E-state index in [2.05, 4.69) is 55.5 Å². The highest BCUT2D eigenvalue weighted by Gasteiger charge is 2.20. The minimum atomic E-state index is 0.242. The number of ether oxygens (including phenoxy) is 7. The molecule has 0 atom stereocenters. The first-order valence-corrected chi connectivity index (χ1v) is 19.9. The zero-order valence-electron chi connectivity index (χ0n) is 35.8. The number of halogens is 1. The number of hydrogen-bond donors (Lipinski definition) is 2. The predicted molar refractivity (Wildman–Crippen MR) is 241 cm³/mol. The predicted octanol–water partition coefficient (Wildman–Crippen LogP) is 7.59. The lowest BCUT2D eigenvalue weighted by molar-refractivity contribution is 0.272. The summed E-state index contributed by atoms with van der Waals surface area (Å²) in [5, 5.41) is 6.55. The van der Waals surface area contributed by atoms with Crippen LogP contribution in [0.5, 0.6) is 40.5 Å². The second-order valence-electron chi connectivity index (χ2n) is 13.3. The van der Waals surface area contributed by atoms with Gasteiger partial charge in [-0.3, -0.25) is 9.55 Å². The Morgan fingerprint density at radius 2 is 0.985 bits per heavy atom. The lowest BCUT2D eigenvalue weighted by Crippen LogP contribution is -2.09. The van der Waals surface area contributed by atoms with Crippen molar-refractivity contribution in [3.8, 4) is 52.4 Å². The molecule has 0 unspecified atom stereocenters. The number of anilines is 4. The van der Waals surface area contributed by atoms with Crippen LogP contribution >= 0.6 is 11.6 Å². The highest BCUT2D eigenvalue weighted by Crippen LogP contribution is 2.41. The van der Waals surface area contributed by atoms with Gasteiger partial charge in [-0.1, -0.05) is 30.3 Å². The summed E-state index contributed by atoms with van der Waals surface area (Å²) in [4.78, 5) is 39.4. The van der Waals surface area contributed by atoms with Crippen molar-refractivity contribution in [3.05, 3.63) is 121 Å². The Balaban J connectivity index is 0.000000181. The molecule has 21 heteroatoms. The molecule has 0 fully saturated rings. The topological polar surface area (TPSA) is 215 Å². The molecule has 2 N–H and O–H groups in total. The number of pyridine rings is 1. The lowest BCUT2D eigenvalue weighted by Gasteiger charge is -2.15. The van der Waals surface area contributed by atoms with Gasteiger partial charge >= 0.3 is 6.01 Å². The number of para-hydroxylation sites is 4. The van der Waals surface area contributed by atoms with Gasteiger partial charge in [-0.15, -0.1) is 0 Å². The van der Waals surface area contributed by atoms with Crippen molar-refractivity contribution in [3.63, 3.8) is 0 Å². The highest BCUT2D eigenvalue weighted by atomic mass is 35.5. The van der Waals surface area contributed by atoms with E-state index in [1.165, 1.54) is 12.7 Å². The van der Waals surface area contributed by atoms with Crippen molar-refractivity contribution in [2.24, 2.45) is 0 Å². The van der Waals surface area contributed by atoms with Crippen LogP contribution in [-0.4, -0.2) is 96.6 Å². The normalized spacial score (nSPS) is 10.8. The maximum atomic E-state index is 6.31. The zero-order chi connectivity index (χ0) is 45.3. The molecule has 0 amide bonds. The van der Waals surface area contributed by atoms with Crippen LogP contribution < -0.4 is 43.8 Å². The Labute approximate surface area is 376 Å². The van der Waals surface area contributed by atoms with Crippen LogP contribution in [0.15, 0.2) is 110 Å². The van der Waals surface area contributed by atoms with E-state index in [1.807, 2.05) is 66.7 Å². The number of nitrogens with zero attached hydrogens (tertiary/aromatic N) is 11. The summed E-state index contributed by atoms with van der Waals surface area (Å²) in [7, 11) is 9.31. The third-order valence-corrected chi connectivity index (χ3v) is 9.74. The summed E-state index contributed by atoms with van der Waals surface area (Å²) < 4.78 is 41.8. The molecule has 0 spiro atoms. The first-order chi connectivity index (χ1) is 31.8. The smallest absolute Gasteiger partial charge is 0.304 e. The molecule has 65 heavy (non-hydrogen) atoms. The summed E-state index contributed by atoms with van der Waals surface area (Å²) in [6, 6.07) is 28.2. The molecular formula is C44H40ClN13O7. The Kier molecular flexibility index (Phi) is 13.1. The van der Waals surface area contributed by atoms with Crippen molar-refractivity contribution in [1.82, 2.24) is 54.0 Å². The van der Waals surface area contributed by atoms with Crippen molar-refractivity contribution in [2.75, 3.05) is 53.3 Å². The molecule has 5 heterocycles. The van der Waals surface area contributed by atoms with Gasteiger partial charge in [0.05, 0.1) is 70.4 Å². The third-order valence-electron chi connectivity index (χ3n) is 9.49. The van der Waals surface area contributed by atoms with Gasteiger partial charge in [-0.25, -0.2) is 29.5 Å². The van der Waals surface area contributed by atoms with Crippen molar-refractivity contribution >= 4 is 56.9 Å². The summed E-state index contributed by atoms with van der Waals surface area (Å²) in [5.74, 6) is 4.30. The largest absolute Gasteiger partial charge is 0.493 e. The number of imidazole rings is 2. The van der Waals surface area contributed by atoms with Gasteiger partial charge in [0.25, 0.3) is 0 Å². The summed E-state index contributed by atoms with van der Waals surface area (Å²) in [6.45, 7) is 0.242. The van der Waals surface area contributed by atoms with Crippen LogP contribution in [0.4, 0.5) is 23.3 Å². The SMILES string of the molecule is COc1cc(Nc2ncnc(-n3c(Cl)nc4ccccc43)n2)cc(OC)c1OC.COc1cc(Nc2ncnc(-n3c(OCc4ccccn4)nc4ccccc43)n2)cc(OC)c1OC. The second kappa shape index (κ2) is 19.7. The molecule has 0 aliphatic carbocycles. The first-order valence-electron chi connectivity index (χ1n) is 19.5. The van der Waals surface area contributed by atoms with Gasteiger partial charge in [0.1, 0.15) is 19.3 Å². The van der Waals surface area contributed by atoms with E-state index in [4.69, 9.17) is 44.8 Å². The van der Waals surface area contributed by atoms with Gasteiger partial charge in [-0.2, -0.15) is 15.0 Å². The molecule has 0 saturated heterocycles. The van der Waals surface area contributed by atoms with Gasteiger partial charge < -0.3 is 43.8 Å². The summed E-state index contributed by atoms with van der Waals surface area (Å²) in [5.41, 5.74) is 5.14. The fourth-order valence-electron chi connectivity index (χ4n) is 6.58. The Bertz CT molecular complexity index is 3030. The Morgan fingerprint density at radius 3 is 1.48 bits per heavy atom. The van der Waals surface area contributed by atoms with Crippen LogP contribution in [-0.2, 0) is 6.61 Å². The molecule has 0 aliphatic heterocycles. The van der Waals surface area contributed by atoms with Gasteiger partial charge in [0.2, 0.25) is 40.6 Å². The third kappa shape index (κ3) is 9.32. The number of rotatable bonds is 15. The maximum Gasteiger partial charge on any atom is 0.304 e. The van der Waals surface area contributed by atoms with Crippen LogP contribution in [0.3, 0.4) is 0 Å². The zero-order valence-corrected chi connectivity index (χ0v) is 36.5. The standard InChI is InChI=1S/C25H23N7O4.C19H17ClN6O3/c1-33-20-12-17(13-21(34-2)22(20)35-3)29-23-27-15-28-24(31-23)32-19-10-5-4-9-18(19)30-25(32)36-14-16-8-6-7-11-26-16;1-27-14-8-11(9-15(28-2)16(14)29-3)23-18-21-10-22-19(25-18)26-13-7-5-4-6-12(13)24-17(26)20/h4-13,15H,14H2,1-3H3,(H,27,28,29,31);4-10H,1-3H3,(H,21,22,23,25). The summed E-state index contributed by atoms with van der Waals surface area (Å²) >= 11 is 6.31. The van der Waals surface area contributed by atoms with Crippen LogP contribution in [0, 0.1) is 0 Å². The quantitative estimate of drug-likeness (QED) is 0.101. The molecule has 0 radical (unpaired) electrons. The average molecular weight is 898 g/mol. The molecule has 9 aromatic rings. The molecule has 0 aliphatic rings. The van der Waals surface area contributed by atoms with Gasteiger partial charge in [-0.05, 0) is 48.0 Å². The minimum Gasteiger partial charge on any atom is -0.493 e. The number of aromatic nitrogens is 11. The number of fused-ring (bicyclic) bond motifs is 2. The maximum absolute atomic E-state index is 6.31. The van der Waals surface area contributed by atoms with Gasteiger partial charge in [0, 0.05) is 41.8 Å². The lowest BCUT2D eigenvalue weighted by atomic mass is 10.2. The summed E-state index contributed by atoms with van der Waals surface area (Å²) in [6.07, 6.45) is 4.53. The number of nitrogens with one attached hydrogen (secondary N) is 2. The molecule has 4 aromatic carbocycles. The van der Waals surface area contributed by atoms with Crippen molar-refractivity contribution in [1.29, 1.82) is 0 Å². The molecule has 0 bridgehead atoms. The Hall–Kier alpha value is -8.52. The van der Waals surface area contributed by atoms with E-state index in [-0.39, 0.29) is 11.9 Å².